The number of carbonyl (C=O) groups is 2. The van der Waals surface area contributed by atoms with Crippen LogP contribution in [0.15, 0.2) is 30.6 Å². The van der Waals surface area contributed by atoms with Gasteiger partial charge in [0.1, 0.15) is 6.54 Å². The van der Waals surface area contributed by atoms with Crippen LogP contribution in [0.5, 0.6) is 0 Å². The Bertz CT molecular complexity index is 682. The molecule has 1 aromatic carbocycles. The maximum absolute atomic E-state index is 12.3. The van der Waals surface area contributed by atoms with Crippen LogP contribution in [-0.4, -0.2) is 57.2 Å². The molecular weight excluding hydrogens is 274 g/mol. The molecule has 2 heterocycles. The highest BCUT2D eigenvalue weighted by Gasteiger charge is 2.29. The van der Waals surface area contributed by atoms with Crippen molar-refractivity contribution in [1.82, 2.24) is 14.5 Å². The number of imidazole rings is 1. The molecule has 3 rings (SSSR count). The molecule has 1 aromatic heterocycles. The van der Waals surface area contributed by atoms with Crippen LogP contribution in [0.3, 0.4) is 0 Å². The van der Waals surface area contributed by atoms with Crippen LogP contribution in [0.25, 0.3) is 11.0 Å². The molecular formula is C14H15N3O4. The quantitative estimate of drug-likeness (QED) is 0.881. The number of fused-ring (bicyclic) bond motifs is 1. The number of morpholine rings is 1. The maximum atomic E-state index is 12.3. The molecule has 1 N–H and O–H groups in total. The van der Waals surface area contributed by atoms with Gasteiger partial charge in [-0.25, -0.2) is 9.78 Å². The molecule has 1 amide bonds. The van der Waals surface area contributed by atoms with Crippen LogP contribution in [0.4, 0.5) is 0 Å². The minimum Gasteiger partial charge on any atom is -0.479 e. The summed E-state index contributed by atoms with van der Waals surface area (Å²) in [7, 11) is 0. The number of aliphatic carboxylic acids is 1. The van der Waals surface area contributed by atoms with E-state index in [0.29, 0.717) is 6.54 Å². The molecule has 7 heteroatoms. The monoisotopic (exact) mass is 289 g/mol. The molecule has 0 radical (unpaired) electrons. The van der Waals surface area contributed by atoms with Crippen molar-refractivity contribution in [3.8, 4) is 0 Å². The Balaban J connectivity index is 1.72. The number of amides is 1. The highest BCUT2D eigenvalue weighted by molar-refractivity contribution is 5.81. The minimum atomic E-state index is -1.04. The number of carbonyl (C=O) groups excluding carboxylic acids is 1. The van der Waals surface area contributed by atoms with Gasteiger partial charge in [-0.05, 0) is 12.1 Å². The average Bonchev–Trinajstić information content (AvgIpc) is 2.91. The van der Waals surface area contributed by atoms with Gasteiger partial charge in [0.25, 0.3) is 0 Å². The topological polar surface area (TPSA) is 84.7 Å². The van der Waals surface area contributed by atoms with E-state index >= 15 is 0 Å². The molecule has 0 aliphatic carbocycles. The molecule has 1 saturated heterocycles. The second-order valence-electron chi connectivity index (χ2n) is 4.90. The number of carboxylic acid groups (broad SMARTS) is 1. The van der Waals surface area contributed by atoms with E-state index in [-0.39, 0.29) is 25.6 Å². The number of benzene rings is 1. The van der Waals surface area contributed by atoms with Crippen LogP contribution < -0.4 is 0 Å². The van der Waals surface area contributed by atoms with E-state index in [0.717, 1.165) is 11.0 Å². The molecule has 1 aliphatic rings. The zero-order valence-electron chi connectivity index (χ0n) is 11.3. The van der Waals surface area contributed by atoms with Crippen LogP contribution in [-0.2, 0) is 20.9 Å². The zero-order valence-corrected chi connectivity index (χ0v) is 11.3. The van der Waals surface area contributed by atoms with Gasteiger partial charge in [0.05, 0.1) is 30.5 Å². The average molecular weight is 289 g/mol. The van der Waals surface area contributed by atoms with Gasteiger partial charge in [0.15, 0.2) is 6.10 Å². The fraction of sp³-hybridized carbons (Fsp3) is 0.357. The molecule has 2 aromatic rings. The summed E-state index contributed by atoms with van der Waals surface area (Å²) >= 11 is 0. The predicted octanol–water partition coefficient (Wildman–Crippen LogP) is 0.348. The number of para-hydroxylation sites is 2. The fourth-order valence-corrected chi connectivity index (χ4v) is 2.41. The first kappa shape index (κ1) is 13.6. The van der Waals surface area contributed by atoms with Crippen molar-refractivity contribution in [1.29, 1.82) is 0 Å². The normalized spacial score (nSPS) is 18.9. The summed E-state index contributed by atoms with van der Waals surface area (Å²) in [6.07, 6.45) is 0.680. The molecule has 0 spiro atoms. The van der Waals surface area contributed by atoms with E-state index in [9.17, 15) is 9.59 Å². The second kappa shape index (κ2) is 5.53. The summed E-state index contributed by atoms with van der Waals surface area (Å²) in [5, 5.41) is 8.96. The molecule has 21 heavy (non-hydrogen) atoms. The van der Waals surface area contributed by atoms with Crippen molar-refractivity contribution in [2.24, 2.45) is 0 Å². The van der Waals surface area contributed by atoms with Crippen molar-refractivity contribution in [3.63, 3.8) is 0 Å². The van der Waals surface area contributed by atoms with Gasteiger partial charge in [0, 0.05) is 6.54 Å². The maximum Gasteiger partial charge on any atom is 0.334 e. The number of ether oxygens (including phenoxy) is 1. The summed E-state index contributed by atoms with van der Waals surface area (Å²) in [5.74, 6) is -1.17. The predicted molar refractivity (Wildman–Crippen MR) is 73.7 cm³/mol. The van der Waals surface area contributed by atoms with E-state index in [1.165, 1.54) is 4.90 Å². The molecule has 1 fully saturated rings. The van der Waals surface area contributed by atoms with E-state index < -0.39 is 12.1 Å². The Morgan fingerprint density at radius 3 is 3.00 bits per heavy atom. The van der Waals surface area contributed by atoms with E-state index in [4.69, 9.17) is 9.84 Å². The third-order valence-corrected chi connectivity index (χ3v) is 3.53. The van der Waals surface area contributed by atoms with Crippen LogP contribution in [0, 0.1) is 0 Å². The van der Waals surface area contributed by atoms with Gasteiger partial charge in [-0.15, -0.1) is 0 Å². The summed E-state index contributed by atoms with van der Waals surface area (Å²) in [4.78, 5) is 29.0. The number of nitrogens with zero attached hydrogens (tertiary/aromatic N) is 3. The van der Waals surface area contributed by atoms with Crippen molar-refractivity contribution in [2.45, 2.75) is 12.6 Å². The Morgan fingerprint density at radius 1 is 1.38 bits per heavy atom. The lowest BCUT2D eigenvalue weighted by Crippen LogP contribution is -2.49. The van der Waals surface area contributed by atoms with Gasteiger partial charge in [-0.3, -0.25) is 4.79 Å². The van der Waals surface area contributed by atoms with Crippen molar-refractivity contribution in [2.75, 3.05) is 19.7 Å². The van der Waals surface area contributed by atoms with Crippen LogP contribution >= 0.6 is 0 Å². The lowest BCUT2D eigenvalue weighted by molar-refractivity contribution is -0.159. The lowest BCUT2D eigenvalue weighted by Gasteiger charge is -2.31. The van der Waals surface area contributed by atoms with Crippen LogP contribution in [0.2, 0.25) is 0 Å². The summed E-state index contributed by atoms with van der Waals surface area (Å²) < 4.78 is 6.88. The third kappa shape index (κ3) is 2.73. The van der Waals surface area contributed by atoms with Gasteiger partial charge in [0.2, 0.25) is 5.91 Å². The SMILES string of the molecule is O=C(O)C1CN(C(=O)Cn2cnc3ccccc32)CCO1. The Labute approximate surface area is 120 Å². The number of hydrogen-bond donors (Lipinski definition) is 1. The first-order chi connectivity index (χ1) is 10.1. The standard InChI is InChI=1S/C14H15N3O4/c18-13(16-5-6-21-12(7-16)14(19)20)8-17-9-15-10-3-1-2-4-11(10)17/h1-4,9,12H,5-8H2,(H,19,20). The third-order valence-electron chi connectivity index (χ3n) is 3.53. The Kier molecular flexibility index (Phi) is 3.57. The molecule has 7 nitrogen and oxygen atoms in total. The lowest BCUT2D eigenvalue weighted by atomic mass is 10.2. The zero-order chi connectivity index (χ0) is 14.8. The highest BCUT2D eigenvalue weighted by Crippen LogP contribution is 2.13. The smallest absolute Gasteiger partial charge is 0.334 e. The molecule has 110 valence electrons. The van der Waals surface area contributed by atoms with Crippen molar-refractivity contribution < 1.29 is 19.4 Å². The fourth-order valence-electron chi connectivity index (χ4n) is 2.41. The first-order valence-corrected chi connectivity index (χ1v) is 6.67. The Morgan fingerprint density at radius 2 is 2.19 bits per heavy atom. The van der Waals surface area contributed by atoms with E-state index in [2.05, 4.69) is 4.98 Å². The number of hydrogen-bond acceptors (Lipinski definition) is 4. The molecule has 1 atom stereocenters. The molecule has 1 aliphatic heterocycles. The first-order valence-electron chi connectivity index (χ1n) is 6.67. The van der Waals surface area contributed by atoms with E-state index in [1.807, 2.05) is 24.3 Å². The van der Waals surface area contributed by atoms with Gasteiger partial charge in [-0.2, -0.15) is 0 Å². The molecule has 0 bridgehead atoms. The summed E-state index contributed by atoms with van der Waals surface area (Å²) in [5.41, 5.74) is 1.71. The molecule has 1 unspecified atom stereocenters. The number of carboxylic acids is 1. The van der Waals surface area contributed by atoms with Crippen LogP contribution in [0.1, 0.15) is 0 Å². The highest BCUT2D eigenvalue weighted by atomic mass is 16.5. The van der Waals surface area contributed by atoms with Gasteiger partial charge >= 0.3 is 5.97 Å². The minimum absolute atomic E-state index is 0.0841. The molecule has 0 saturated carbocycles. The Hall–Kier alpha value is -2.41. The largest absolute Gasteiger partial charge is 0.479 e. The van der Waals surface area contributed by atoms with Gasteiger partial charge < -0.3 is 19.3 Å². The number of aromatic nitrogens is 2. The summed E-state index contributed by atoms with van der Waals surface area (Å²) in [6.45, 7) is 0.885. The van der Waals surface area contributed by atoms with Crippen molar-refractivity contribution >= 4 is 22.9 Å². The second-order valence-corrected chi connectivity index (χ2v) is 4.90. The van der Waals surface area contributed by atoms with Gasteiger partial charge in [-0.1, -0.05) is 12.1 Å². The van der Waals surface area contributed by atoms with Crippen molar-refractivity contribution in [3.05, 3.63) is 30.6 Å². The number of rotatable bonds is 3. The summed E-state index contributed by atoms with van der Waals surface area (Å²) in [6, 6.07) is 7.56. The van der Waals surface area contributed by atoms with E-state index in [1.54, 1.807) is 10.9 Å².